The molecule has 3 aromatic rings. The van der Waals surface area contributed by atoms with E-state index in [-0.39, 0.29) is 38.5 Å². The van der Waals surface area contributed by atoms with Crippen LogP contribution in [0.15, 0.2) is 48.8 Å². The molecule has 0 aliphatic carbocycles. The van der Waals surface area contributed by atoms with Gasteiger partial charge >= 0.3 is 0 Å². The van der Waals surface area contributed by atoms with Crippen LogP contribution in [0.1, 0.15) is 11.3 Å². The Bertz CT molecular complexity index is 685. The monoisotopic (exact) mass is 324 g/mol. The maximum absolute atomic E-state index is 7.76. The van der Waals surface area contributed by atoms with Gasteiger partial charge in [-0.2, -0.15) is 0 Å². The number of nitrogens with zero attached hydrogens (tertiary/aromatic N) is 3. The van der Waals surface area contributed by atoms with Gasteiger partial charge in [0.25, 0.3) is 0 Å². The molecule has 1 radical (unpaired) electrons. The van der Waals surface area contributed by atoms with Crippen LogP contribution in [0.25, 0.3) is 16.5 Å². The van der Waals surface area contributed by atoms with Crippen molar-refractivity contribution < 1.29 is 32.7 Å². The van der Waals surface area contributed by atoms with E-state index in [1.807, 2.05) is 36.4 Å². The second-order valence-corrected chi connectivity index (χ2v) is 4.07. The Labute approximate surface area is 136 Å². The summed E-state index contributed by atoms with van der Waals surface area (Å²) in [6.07, 6.45) is 4.24. The molecule has 19 heavy (non-hydrogen) atoms. The first-order valence-corrected chi connectivity index (χ1v) is 5.69. The standard InChI is InChI=1S/C14H11N4.Y/c15-14-12-4-2-1-3-11(12)13(17-18-14)9-10-5-7-16-8-6-10;/h1-8H,9H2,(H-,15,18);/q-1;. The molecular formula is C14H11N4Y-. The molecule has 0 atom stereocenters. The number of pyridine rings is 1. The SMILES string of the molecule is [NH-]c1nnc(Cc2ccncc2)c2ccccc12.[Y]. The van der Waals surface area contributed by atoms with E-state index in [1.165, 1.54) is 0 Å². The molecule has 5 heteroatoms. The van der Waals surface area contributed by atoms with Gasteiger partial charge in [-0.1, -0.05) is 24.3 Å². The minimum absolute atomic E-state index is 0. The Balaban J connectivity index is 0.00000133. The van der Waals surface area contributed by atoms with Crippen LogP contribution >= 0.6 is 0 Å². The Morgan fingerprint density at radius 2 is 1.58 bits per heavy atom. The molecule has 3 rings (SSSR count). The molecule has 0 saturated carbocycles. The maximum atomic E-state index is 7.76. The van der Waals surface area contributed by atoms with Gasteiger partial charge in [0.1, 0.15) is 0 Å². The van der Waals surface area contributed by atoms with E-state index in [4.69, 9.17) is 5.73 Å². The van der Waals surface area contributed by atoms with Crippen molar-refractivity contribution in [1.29, 1.82) is 0 Å². The van der Waals surface area contributed by atoms with Crippen molar-refractivity contribution in [3.63, 3.8) is 0 Å². The van der Waals surface area contributed by atoms with Crippen molar-refractivity contribution in [2.45, 2.75) is 6.42 Å². The molecule has 2 aromatic heterocycles. The van der Waals surface area contributed by atoms with E-state index in [0.29, 0.717) is 6.42 Å². The summed E-state index contributed by atoms with van der Waals surface area (Å²) in [6.45, 7) is 0. The zero-order chi connectivity index (χ0) is 12.4. The summed E-state index contributed by atoms with van der Waals surface area (Å²) in [5.41, 5.74) is 9.79. The zero-order valence-corrected chi connectivity index (χ0v) is 13.1. The minimum atomic E-state index is 0. The Morgan fingerprint density at radius 1 is 0.895 bits per heavy atom. The maximum Gasteiger partial charge on any atom is 0.0517 e. The third kappa shape index (κ3) is 2.96. The second-order valence-electron chi connectivity index (χ2n) is 4.07. The van der Waals surface area contributed by atoms with Gasteiger partial charge in [-0.05, 0) is 28.9 Å². The second kappa shape index (κ2) is 6.17. The Hall–Kier alpha value is -1.39. The molecule has 0 saturated heterocycles. The molecule has 0 bridgehead atoms. The average Bonchev–Trinajstić information content (AvgIpc) is 2.44. The molecule has 1 N–H and O–H groups in total. The zero-order valence-electron chi connectivity index (χ0n) is 10.2. The number of hydrogen-bond acceptors (Lipinski definition) is 3. The van der Waals surface area contributed by atoms with Crippen molar-refractivity contribution in [3.8, 4) is 0 Å². The van der Waals surface area contributed by atoms with Crippen molar-refractivity contribution in [2.24, 2.45) is 0 Å². The summed E-state index contributed by atoms with van der Waals surface area (Å²) >= 11 is 0. The van der Waals surface area contributed by atoms with Crippen LogP contribution in [-0.2, 0) is 39.1 Å². The van der Waals surface area contributed by atoms with Gasteiger partial charge in [-0.3, -0.25) is 10.1 Å². The normalized spacial score (nSPS) is 10.1. The van der Waals surface area contributed by atoms with E-state index in [1.54, 1.807) is 12.4 Å². The third-order valence-electron chi connectivity index (χ3n) is 2.88. The predicted molar refractivity (Wildman–Crippen MR) is 70.6 cm³/mol. The van der Waals surface area contributed by atoms with Gasteiger partial charge in [0.15, 0.2) is 0 Å². The van der Waals surface area contributed by atoms with Crippen molar-refractivity contribution in [3.05, 3.63) is 65.8 Å². The molecule has 0 aliphatic heterocycles. The first-order chi connectivity index (χ1) is 8.84. The number of hydrogen-bond donors (Lipinski definition) is 0. The summed E-state index contributed by atoms with van der Waals surface area (Å²) < 4.78 is 0. The topological polar surface area (TPSA) is 62.5 Å². The van der Waals surface area contributed by atoms with Crippen LogP contribution < -0.4 is 0 Å². The van der Waals surface area contributed by atoms with Gasteiger partial charge in [-0.25, -0.2) is 0 Å². The fourth-order valence-corrected chi connectivity index (χ4v) is 1.98. The van der Waals surface area contributed by atoms with Crippen molar-refractivity contribution >= 4 is 16.6 Å². The van der Waals surface area contributed by atoms with Crippen molar-refractivity contribution in [1.82, 2.24) is 15.2 Å². The van der Waals surface area contributed by atoms with E-state index in [0.717, 1.165) is 22.0 Å². The fraction of sp³-hybridized carbons (Fsp3) is 0.0714. The van der Waals surface area contributed by atoms with Crippen molar-refractivity contribution in [2.75, 3.05) is 0 Å². The molecule has 2 heterocycles. The first-order valence-electron chi connectivity index (χ1n) is 5.69. The largest absolute Gasteiger partial charge is 0.480 e. The molecule has 0 amide bonds. The van der Waals surface area contributed by atoms with Crippen LogP contribution in [0, 0.1) is 0 Å². The molecule has 0 spiro atoms. The smallest absolute Gasteiger partial charge is 0.0517 e. The fourth-order valence-electron chi connectivity index (χ4n) is 1.98. The van der Waals surface area contributed by atoms with Gasteiger partial charge < -0.3 is 10.8 Å². The molecule has 0 unspecified atom stereocenters. The Morgan fingerprint density at radius 3 is 2.32 bits per heavy atom. The summed E-state index contributed by atoms with van der Waals surface area (Å²) in [5.74, 6) is 0.226. The summed E-state index contributed by atoms with van der Waals surface area (Å²) in [5, 5.41) is 9.89. The molecule has 1 aromatic carbocycles. The van der Waals surface area contributed by atoms with Crippen LogP contribution in [0.4, 0.5) is 5.82 Å². The quantitative estimate of drug-likeness (QED) is 0.726. The van der Waals surface area contributed by atoms with Gasteiger partial charge in [0.2, 0.25) is 0 Å². The Kier molecular flexibility index (Phi) is 4.56. The summed E-state index contributed by atoms with van der Waals surface area (Å²) in [7, 11) is 0. The van der Waals surface area contributed by atoms with E-state index >= 15 is 0 Å². The van der Waals surface area contributed by atoms with E-state index < -0.39 is 0 Å². The molecule has 0 fully saturated rings. The number of rotatable bonds is 2. The van der Waals surface area contributed by atoms with Gasteiger partial charge in [-0.15, -0.1) is 0 Å². The van der Waals surface area contributed by atoms with Crippen LogP contribution in [-0.4, -0.2) is 15.2 Å². The number of fused-ring (bicyclic) bond motifs is 1. The number of nitrogens with one attached hydrogen (secondary N) is 1. The first kappa shape index (κ1) is 14.0. The van der Waals surface area contributed by atoms with E-state index in [9.17, 15) is 0 Å². The van der Waals surface area contributed by atoms with E-state index in [2.05, 4.69) is 15.2 Å². The number of aromatic nitrogens is 3. The summed E-state index contributed by atoms with van der Waals surface area (Å²) in [4.78, 5) is 4.00. The van der Waals surface area contributed by atoms with Crippen LogP contribution in [0.5, 0.6) is 0 Å². The predicted octanol–water partition coefficient (Wildman–Crippen LogP) is 3.30. The van der Waals surface area contributed by atoms with Crippen LogP contribution in [0.2, 0.25) is 0 Å². The van der Waals surface area contributed by atoms with Gasteiger partial charge in [0.05, 0.1) is 5.69 Å². The summed E-state index contributed by atoms with van der Waals surface area (Å²) in [6, 6.07) is 11.7. The molecule has 91 valence electrons. The third-order valence-corrected chi connectivity index (χ3v) is 2.88. The minimum Gasteiger partial charge on any atom is -0.480 e. The molecule has 4 nitrogen and oxygen atoms in total. The van der Waals surface area contributed by atoms with Gasteiger partial charge in [0, 0.05) is 56.9 Å². The number of benzene rings is 1. The van der Waals surface area contributed by atoms with Crippen LogP contribution in [0.3, 0.4) is 0 Å². The molecular weight excluding hydrogens is 313 g/mol. The molecule has 0 aliphatic rings. The average molecular weight is 324 g/mol.